The Labute approximate surface area is 156 Å². The van der Waals surface area contributed by atoms with Gasteiger partial charge < -0.3 is 14.4 Å². The van der Waals surface area contributed by atoms with Crippen LogP contribution in [0.15, 0.2) is 42.7 Å². The minimum Gasteiger partial charge on any atom is -0.487 e. The highest BCUT2D eigenvalue weighted by Crippen LogP contribution is 2.26. The number of ether oxygens (including phenoxy) is 2. The number of benzene rings is 1. The number of halogens is 1. The van der Waals surface area contributed by atoms with Crippen LogP contribution >= 0.6 is 11.6 Å². The topological polar surface area (TPSA) is 68.7 Å². The van der Waals surface area contributed by atoms with E-state index in [2.05, 4.69) is 4.98 Å². The molecular formula is C19H19ClN2O4. The van der Waals surface area contributed by atoms with Gasteiger partial charge in [0.25, 0.3) is 5.91 Å². The zero-order valence-corrected chi connectivity index (χ0v) is 15.1. The number of rotatable bonds is 4. The molecule has 1 aromatic carbocycles. The quantitative estimate of drug-likeness (QED) is 0.769. The predicted molar refractivity (Wildman–Crippen MR) is 96.6 cm³/mol. The predicted octanol–water partition coefficient (Wildman–Crippen LogP) is 3.21. The summed E-state index contributed by atoms with van der Waals surface area (Å²) in [5.41, 5.74) is 0.599. The first-order valence-corrected chi connectivity index (χ1v) is 8.70. The number of amides is 1. The van der Waals surface area contributed by atoms with Crippen LogP contribution in [0.3, 0.4) is 0 Å². The van der Waals surface area contributed by atoms with Gasteiger partial charge in [-0.05, 0) is 25.0 Å². The van der Waals surface area contributed by atoms with Crippen molar-refractivity contribution in [2.75, 3.05) is 20.2 Å². The summed E-state index contributed by atoms with van der Waals surface area (Å²) in [6.07, 6.45) is 4.59. The molecule has 0 N–H and O–H groups in total. The fraction of sp³-hybridized carbons (Fsp3) is 0.316. The van der Waals surface area contributed by atoms with E-state index in [0.717, 1.165) is 12.8 Å². The van der Waals surface area contributed by atoms with Crippen LogP contribution in [0, 0.1) is 0 Å². The highest BCUT2D eigenvalue weighted by atomic mass is 35.5. The zero-order chi connectivity index (χ0) is 18.5. The molecule has 2 heterocycles. The molecule has 0 saturated carbocycles. The van der Waals surface area contributed by atoms with E-state index >= 15 is 0 Å². The van der Waals surface area contributed by atoms with Crippen LogP contribution in [0.1, 0.15) is 33.6 Å². The molecule has 0 unspecified atom stereocenters. The lowest BCUT2D eigenvalue weighted by atomic mass is 10.0. The first-order valence-electron chi connectivity index (χ1n) is 8.33. The summed E-state index contributed by atoms with van der Waals surface area (Å²) in [4.78, 5) is 30.5. The van der Waals surface area contributed by atoms with Crippen molar-refractivity contribution >= 4 is 23.5 Å². The van der Waals surface area contributed by atoms with Crippen LogP contribution in [0.2, 0.25) is 5.02 Å². The largest absolute Gasteiger partial charge is 0.487 e. The number of methoxy groups -OCH3 is 1. The fourth-order valence-corrected chi connectivity index (χ4v) is 3.15. The Morgan fingerprint density at radius 2 is 2.00 bits per heavy atom. The van der Waals surface area contributed by atoms with Crippen LogP contribution < -0.4 is 4.74 Å². The van der Waals surface area contributed by atoms with Crippen molar-refractivity contribution < 1.29 is 19.1 Å². The first kappa shape index (κ1) is 18.2. The van der Waals surface area contributed by atoms with E-state index in [4.69, 9.17) is 21.1 Å². The lowest BCUT2D eigenvalue weighted by Crippen LogP contribution is -2.44. The summed E-state index contributed by atoms with van der Waals surface area (Å²) in [6.45, 7) is 1.03. The summed E-state index contributed by atoms with van der Waals surface area (Å²) in [5, 5.41) is 0.437. The Morgan fingerprint density at radius 1 is 1.23 bits per heavy atom. The smallest absolute Gasteiger partial charge is 0.338 e. The maximum absolute atomic E-state index is 12.9. The number of nitrogens with zero attached hydrogens (tertiary/aromatic N) is 2. The third-order valence-corrected chi connectivity index (χ3v) is 4.54. The van der Waals surface area contributed by atoms with Crippen LogP contribution in [0.4, 0.5) is 0 Å². The van der Waals surface area contributed by atoms with E-state index in [1.807, 2.05) is 0 Å². The molecule has 136 valence electrons. The van der Waals surface area contributed by atoms with Gasteiger partial charge in [-0.3, -0.25) is 9.78 Å². The summed E-state index contributed by atoms with van der Waals surface area (Å²) in [6, 6.07) is 8.37. The fourth-order valence-electron chi connectivity index (χ4n) is 2.98. The molecule has 1 atom stereocenters. The Kier molecular flexibility index (Phi) is 5.73. The van der Waals surface area contributed by atoms with Crippen molar-refractivity contribution in [1.82, 2.24) is 9.88 Å². The zero-order valence-electron chi connectivity index (χ0n) is 14.4. The third-order valence-electron chi connectivity index (χ3n) is 4.26. The Hall–Kier alpha value is -2.60. The van der Waals surface area contributed by atoms with Crippen molar-refractivity contribution in [3.05, 3.63) is 58.9 Å². The van der Waals surface area contributed by atoms with E-state index in [1.54, 1.807) is 41.4 Å². The van der Waals surface area contributed by atoms with Gasteiger partial charge in [0.05, 0.1) is 24.8 Å². The lowest BCUT2D eigenvalue weighted by molar-refractivity contribution is 0.0520. The van der Waals surface area contributed by atoms with E-state index < -0.39 is 5.97 Å². The average Bonchev–Trinajstić information content (AvgIpc) is 2.69. The van der Waals surface area contributed by atoms with Gasteiger partial charge in [-0.2, -0.15) is 0 Å². The monoisotopic (exact) mass is 374 g/mol. The van der Waals surface area contributed by atoms with Gasteiger partial charge in [0.15, 0.2) is 0 Å². The second kappa shape index (κ2) is 8.19. The normalized spacial score (nSPS) is 16.8. The molecule has 1 aliphatic heterocycles. The van der Waals surface area contributed by atoms with Crippen LogP contribution in [0.25, 0.3) is 0 Å². The van der Waals surface area contributed by atoms with Gasteiger partial charge in [-0.25, -0.2) is 4.79 Å². The van der Waals surface area contributed by atoms with Gasteiger partial charge in [-0.15, -0.1) is 0 Å². The Balaban J connectivity index is 1.75. The van der Waals surface area contributed by atoms with Crippen molar-refractivity contribution in [3.63, 3.8) is 0 Å². The summed E-state index contributed by atoms with van der Waals surface area (Å²) >= 11 is 6.09. The number of likely N-dealkylation sites (tertiary alicyclic amines) is 1. The number of hydrogen-bond donors (Lipinski definition) is 0. The average molecular weight is 375 g/mol. The van der Waals surface area contributed by atoms with Crippen molar-refractivity contribution in [3.8, 4) is 5.75 Å². The van der Waals surface area contributed by atoms with Crippen LogP contribution in [-0.2, 0) is 4.74 Å². The minimum absolute atomic E-state index is 0.169. The second-order valence-corrected chi connectivity index (χ2v) is 6.38. The van der Waals surface area contributed by atoms with Gasteiger partial charge in [-0.1, -0.05) is 23.7 Å². The third kappa shape index (κ3) is 3.96. The molecule has 1 amide bonds. The van der Waals surface area contributed by atoms with E-state index in [1.165, 1.54) is 13.3 Å². The molecule has 1 saturated heterocycles. The van der Waals surface area contributed by atoms with Gasteiger partial charge in [0.1, 0.15) is 16.9 Å². The van der Waals surface area contributed by atoms with Crippen LogP contribution in [0.5, 0.6) is 5.75 Å². The maximum atomic E-state index is 12.9. The van der Waals surface area contributed by atoms with Crippen molar-refractivity contribution in [2.24, 2.45) is 0 Å². The van der Waals surface area contributed by atoms with E-state index in [0.29, 0.717) is 29.4 Å². The van der Waals surface area contributed by atoms with Crippen molar-refractivity contribution in [2.45, 2.75) is 18.9 Å². The van der Waals surface area contributed by atoms with Gasteiger partial charge >= 0.3 is 5.97 Å². The number of hydrogen-bond acceptors (Lipinski definition) is 5. The number of esters is 1. The minimum atomic E-state index is -0.526. The molecule has 0 bridgehead atoms. The SMILES string of the molecule is COC(=O)c1ccccc1C(=O)N1CCC[C@@H](Oc2ccncc2Cl)C1. The molecule has 1 fully saturated rings. The molecule has 26 heavy (non-hydrogen) atoms. The van der Waals surface area contributed by atoms with Crippen molar-refractivity contribution in [1.29, 1.82) is 0 Å². The number of pyridine rings is 1. The molecule has 3 rings (SSSR count). The molecule has 0 spiro atoms. The van der Waals surface area contributed by atoms with E-state index in [9.17, 15) is 9.59 Å². The van der Waals surface area contributed by atoms with Gasteiger partial charge in [0, 0.05) is 25.0 Å². The molecule has 7 heteroatoms. The molecule has 6 nitrogen and oxygen atoms in total. The number of carbonyl (C=O) groups excluding carboxylic acids is 2. The Bertz CT molecular complexity index is 812. The summed E-state index contributed by atoms with van der Waals surface area (Å²) in [5.74, 6) is -0.182. The molecule has 1 aliphatic rings. The first-order chi connectivity index (χ1) is 12.6. The second-order valence-electron chi connectivity index (χ2n) is 5.98. The Morgan fingerprint density at radius 3 is 2.73 bits per heavy atom. The highest BCUT2D eigenvalue weighted by molar-refractivity contribution is 6.31. The molecule has 0 aliphatic carbocycles. The number of carbonyl (C=O) groups is 2. The number of aromatic nitrogens is 1. The number of piperidine rings is 1. The maximum Gasteiger partial charge on any atom is 0.338 e. The van der Waals surface area contributed by atoms with Crippen LogP contribution in [-0.4, -0.2) is 48.1 Å². The van der Waals surface area contributed by atoms with Gasteiger partial charge in [0.2, 0.25) is 0 Å². The lowest BCUT2D eigenvalue weighted by Gasteiger charge is -2.33. The molecule has 2 aromatic rings. The molecule has 0 radical (unpaired) electrons. The van der Waals surface area contributed by atoms with E-state index in [-0.39, 0.29) is 17.6 Å². The summed E-state index contributed by atoms with van der Waals surface area (Å²) < 4.78 is 10.7. The molecule has 1 aromatic heterocycles. The summed E-state index contributed by atoms with van der Waals surface area (Å²) in [7, 11) is 1.30. The molecular weight excluding hydrogens is 356 g/mol. The highest BCUT2D eigenvalue weighted by Gasteiger charge is 2.28. The standard InChI is InChI=1S/C19H19ClN2O4/c1-25-19(24)15-7-3-2-6-14(15)18(23)22-10-4-5-13(12-22)26-17-8-9-21-11-16(17)20/h2-3,6-9,11,13H,4-5,10,12H2,1H3/t13-/m1/s1.